The van der Waals surface area contributed by atoms with Crippen molar-refractivity contribution in [3.63, 3.8) is 0 Å². The quantitative estimate of drug-likeness (QED) is 0.353. The third kappa shape index (κ3) is 4.51. The summed E-state index contributed by atoms with van der Waals surface area (Å²) in [5.41, 5.74) is 0.685. The average Bonchev–Trinajstić information content (AvgIpc) is 3.25. The van der Waals surface area contributed by atoms with Crippen molar-refractivity contribution in [2.75, 3.05) is 11.1 Å². The number of thioether (sulfide) groups is 1. The lowest BCUT2D eigenvalue weighted by Gasteiger charge is -2.12. The van der Waals surface area contributed by atoms with E-state index >= 15 is 0 Å². The fourth-order valence-corrected chi connectivity index (χ4v) is 3.55. The molecule has 0 fully saturated rings. The lowest BCUT2D eigenvalue weighted by Crippen LogP contribution is -2.26. The fraction of sp³-hybridized carbons (Fsp3) is 0.158. The lowest BCUT2D eigenvalue weighted by atomic mass is 10.1. The zero-order valence-electron chi connectivity index (χ0n) is 15.5. The molecular formula is C19H15FN6O3S. The Balaban J connectivity index is 1.58. The second kappa shape index (κ2) is 8.82. The molecular weight excluding hydrogens is 411 g/mol. The summed E-state index contributed by atoms with van der Waals surface area (Å²) in [6.45, 7) is 0.242. The zero-order valence-corrected chi connectivity index (χ0v) is 16.3. The Morgan fingerprint density at radius 3 is 2.87 bits per heavy atom. The summed E-state index contributed by atoms with van der Waals surface area (Å²) in [7, 11) is 0. The van der Waals surface area contributed by atoms with E-state index in [-0.39, 0.29) is 46.8 Å². The third-order valence-corrected chi connectivity index (χ3v) is 5.06. The predicted octanol–water partition coefficient (Wildman–Crippen LogP) is 2.29. The summed E-state index contributed by atoms with van der Waals surface area (Å²) in [5, 5.41) is 2.82. The summed E-state index contributed by atoms with van der Waals surface area (Å²) in [5.74, 6) is -0.742. The first kappa shape index (κ1) is 19.7. The number of aromatic nitrogens is 5. The van der Waals surface area contributed by atoms with E-state index in [9.17, 15) is 14.0 Å². The molecule has 30 heavy (non-hydrogen) atoms. The first-order valence-corrected chi connectivity index (χ1v) is 9.87. The Labute approximate surface area is 173 Å². The maximum Gasteiger partial charge on any atom is 0.301 e. The van der Waals surface area contributed by atoms with Crippen LogP contribution in [0.25, 0.3) is 11.2 Å². The second-order valence-corrected chi connectivity index (χ2v) is 7.08. The summed E-state index contributed by atoms with van der Waals surface area (Å²) in [4.78, 5) is 41.5. The zero-order chi connectivity index (χ0) is 20.9. The number of anilines is 1. The Bertz CT molecular complexity index is 1240. The standard InChI is InChI=1S/C19H15FN6O3S/c20-13-3-1-2-12(10-13)4-8-26-17(28)15-16(22-6-5-21-15)25-19(26)30-11-14(27)24-18-23-7-9-29-18/h1-3,5-7,9-10H,4,8,11H2,(H,23,24,27). The van der Waals surface area contributed by atoms with Crippen LogP contribution < -0.4 is 10.9 Å². The number of hydrogen-bond acceptors (Lipinski definition) is 8. The van der Waals surface area contributed by atoms with Gasteiger partial charge in [0.25, 0.3) is 5.56 Å². The normalized spacial score (nSPS) is 11.0. The highest BCUT2D eigenvalue weighted by atomic mass is 32.2. The van der Waals surface area contributed by atoms with E-state index in [1.807, 2.05) is 0 Å². The van der Waals surface area contributed by atoms with Crippen LogP contribution in [0.15, 0.2) is 63.5 Å². The molecule has 1 aromatic carbocycles. The number of aryl methyl sites for hydroxylation is 1. The molecule has 1 amide bonds. The molecule has 4 aromatic rings. The highest BCUT2D eigenvalue weighted by molar-refractivity contribution is 7.99. The van der Waals surface area contributed by atoms with Crippen molar-refractivity contribution in [1.29, 1.82) is 0 Å². The molecule has 11 heteroatoms. The van der Waals surface area contributed by atoms with E-state index in [1.165, 1.54) is 41.6 Å². The van der Waals surface area contributed by atoms with E-state index in [4.69, 9.17) is 4.42 Å². The van der Waals surface area contributed by atoms with Crippen LogP contribution in [0.3, 0.4) is 0 Å². The molecule has 1 N–H and O–H groups in total. The maximum atomic E-state index is 13.5. The van der Waals surface area contributed by atoms with Gasteiger partial charge in [0.05, 0.1) is 11.9 Å². The van der Waals surface area contributed by atoms with Gasteiger partial charge in [0.2, 0.25) is 5.91 Å². The van der Waals surface area contributed by atoms with Gasteiger partial charge >= 0.3 is 6.01 Å². The van der Waals surface area contributed by atoms with Crippen LogP contribution in [0.1, 0.15) is 5.56 Å². The number of hydrogen-bond donors (Lipinski definition) is 1. The van der Waals surface area contributed by atoms with Crippen LogP contribution in [0.2, 0.25) is 0 Å². The first-order chi connectivity index (χ1) is 14.6. The van der Waals surface area contributed by atoms with Crippen molar-refractivity contribution in [2.45, 2.75) is 18.1 Å². The molecule has 0 unspecified atom stereocenters. The molecule has 3 heterocycles. The van der Waals surface area contributed by atoms with E-state index in [1.54, 1.807) is 12.1 Å². The summed E-state index contributed by atoms with van der Waals surface area (Å²) in [6, 6.07) is 6.24. The van der Waals surface area contributed by atoms with Crippen molar-refractivity contribution in [2.24, 2.45) is 0 Å². The van der Waals surface area contributed by atoms with Crippen LogP contribution in [0, 0.1) is 5.82 Å². The maximum absolute atomic E-state index is 13.5. The number of rotatable bonds is 7. The number of carbonyl (C=O) groups is 1. The molecule has 9 nitrogen and oxygen atoms in total. The van der Waals surface area contributed by atoms with Gasteiger partial charge in [-0.15, -0.1) is 0 Å². The Morgan fingerprint density at radius 1 is 1.20 bits per heavy atom. The molecule has 4 rings (SSSR count). The van der Waals surface area contributed by atoms with Gasteiger partial charge in [-0.3, -0.25) is 19.5 Å². The minimum Gasteiger partial charge on any atom is -0.432 e. The SMILES string of the molecule is O=C(CSc1nc2nccnc2c(=O)n1CCc1cccc(F)c1)Nc1ncco1. The summed E-state index contributed by atoms with van der Waals surface area (Å²) < 4.78 is 19.9. The lowest BCUT2D eigenvalue weighted by molar-refractivity contribution is -0.113. The molecule has 0 saturated heterocycles. The monoisotopic (exact) mass is 426 g/mol. The molecule has 0 radical (unpaired) electrons. The Kier molecular flexibility index (Phi) is 5.80. The smallest absolute Gasteiger partial charge is 0.301 e. The fourth-order valence-electron chi connectivity index (χ4n) is 2.74. The second-order valence-electron chi connectivity index (χ2n) is 6.13. The molecule has 0 bridgehead atoms. The number of benzene rings is 1. The Hall–Kier alpha value is -3.60. The largest absolute Gasteiger partial charge is 0.432 e. The van der Waals surface area contributed by atoms with Gasteiger partial charge in [-0.05, 0) is 24.1 Å². The third-order valence-electron chi connectivity index (χ3n) is 4.08. The van der Waals surface area contributed by atoms with Crippen LogP contribution in [-0.2, 0) is 17.8 Å². The number of fused-ring (bicyclic) bond motifs is 1. The topological polar surface area (TPSA) is 116 Å². The van der Waals surface area contributed by atoms with Gasteiger partial charge in [0, 0.05) is 18.9 Å². The van der Waals surface area contributed by atoms with E-state index in [2.05, 4.69) is 25.3 Å². The number of nitrogens with zero attached hydrogens (tertiary/aromatic N) is 5. The molecule has 0 atom stereocenters. The van der Waals surface area contributed by atoms with Crippen molar-refractivity contribution >= 4 is 34.8 Å². The number of oxazole rings is 1. The van der Waals surface area contributed by atoms with E-state index in [0.29, 0.717) is 11.6 Å². The minimum absolute atomic E-state index is 0.0272. The number of halogens is 1. The van der Waals surface area contributed by atoms with E-state index in [0.717, 1.165) is 17.3 Å². The summed E-state index contributed by atoms with van der Waals surface area (Å²) in [6.07, 6.45) is 6.02. The van der Waals surface area contributed by atoms with Crippen LogP contribution in [0.4, 0.5) is 10.4 Å². The van der Waals surface area contributed by atoms with Crippen LogP contribution in [-0.4, -0.2) is 36.2 Å². The molecule has 3 aromatic heterocycles. The van der Waals surface area contributed by atoms with Crippen molar-refractivity contribution in [3.8, 4) is 0 Å². The first-order valence-electron chi connectivity index (χ1n) is 8.88. The Morgan fingerprint density at radius 2 is 2.07 bits per heavy atom. The van der Waals surface area contributed by atoms with Gasteiger partial charge in [0.15, 0.2) is 16.3 Å². The van der Waals surface area contributed by atoms with Crippen molar-refractivity contribution in [3.05, 3.63) is 70.9 Å². The van der Waals surface area contributed by atoms with Gasteiger partial charge in [-0.25, -0.2) is 24.3 Å². The highest BCUT2D eigenvalue weighted by Gasteiger charge is 2.15. The van der Waals surface area contributed by atoms with Crippen LogP contribution >= 0.6 is 11.8 Å². The average molecular weight is 426 g/mol. The van der Waals surface area contributed by atoms with Crippen molar-refractivity contribution < 1.29 is 13.6 Å². The number of amides is 1. The van der Waals surface area contributed by atoms with E-state index < -0.39 is 0 Å². The summed E-state index contributed by atoms with van der Waals surface area (Å²) >= 11 is 1.07. The predicted molar refractivity (Wildman–Crippen MR) is 108 cm³/mol. The van der Waals surface area contributed by atoms with Gasteiger partial charge < -0.3 is 4.42 Å². The van der Waals surface area contributed by atoms with Crippen LogP contribution in [0.5, 0.6) is 0 Å². The van der Waals surface area contributed by atoms with Crippen molar-refractivity contribution in [1.82, 2.24) is 24.5 Å². The van der Waals surface area contributed by atoms with Gasteiger partial charge in [-0.1, -0.05) is 23.9 Å². The highest BCUT2D eigenvalue weighted by Crippen LogP contribution is 2.17. The van der Waals surface area contributed by atoms with Gasteiger partial charge in [0.1, 0.15) is 12.1 Å². The molecule has 0 aliphatic heterocycles. The van der Waals surface area contributed by atoms with Gasteiger partial charge in [-0.2, -0.15) is 0 Å². The molecule has 152 valence electrons. The molecule has 0 saturated carbocycles. The molecule has 0 aliphatic rings. The molecule has 0 aliphatic carbocycles. The molecule has 0 spiro atoms. The number of carbonyl (C=O) groups excluding carboxylic acids is 1. The minimum atomic E-state index is -0.375. The number of nitrogens with one attached hydrogen (secondary N) is 1.